The fourth-order valence-electron chi connectivity index (χ4n) is 2.32. The van der Waals surface area contributed by atoms with Crippen LogP contribution in [-0.2, 0) is 7.05 Å². The summed E-state index contributed by atoms with van der Waals surface area (Å²) in [4.78, 5) is 18.5. The normalized spacial score (nSPS) is 12.0. The zero-order valence-electron chi connectivity index (χ0n) is 12.7. The van der Waals surface area contributed by atoms with E-state index < -0.39 is 0 Å². The molecule has 112 valence electrons. The summed E-state index contributed by atoms with van der Waals surface area (Å²) in [6, 6.07) is 13.8. The van der Waals surface area contributed by atoms with E-state index in [1.165, 1.54) is 5.56 Å². The van der Waals surface area contributed by atoms with Crippen LogP contribution in [0.15, 0.2) is 52.4 Å². The van der Waals surface area contributed by atoms with E-state index in [1.807, 2.05) is 42.1 Å². The predicted molar refractivity (Wildman–Crippen MR) is 93.6 cm³/mol. The largest absolute Gasteiger partial charge is 0.319 e. The van der Waals surface area contributed by atoms with Crippen LogP contribution < -0.4 is 4.80 Å². The van der Waals surface area contributed by atoms with Crippen LogP contribution in [0.25, 0.3) is 10.2 Å². The van der Waals surface area contributed by atoms with Gasteiger partial charge in [0.15, 0.2) is 4.80 Å². The summed E-state index contributed by atoms with van der Waals surface area (Å²) in [6.45, 7) is 2.07. The summed E-state index contributed by atoms with van der Waals surface area (Å²) in [6.07, 6.45) is 1.97. The number of aryl methyl sites for hydroxylation is 2. The summed E-state index contributed by atoms with van der Waals surface area (Å²) in [5, 5.41) is 0. The van der Waals surface area contributed by atoms with Crippen LogP contribution in [0.4, 0.5) is 0 Å². The number of carbonyl (C=O) groups is 1. The van der Waals surface area contributed by atoms with Crippen molar-refractivity contribution in [2.45, 2.75) is 11.8 Å². The van der Waals surface area contributed by atoms with Crippen molar-refractivity contribution >= 4 is 39.2 Å². The van der Waals surface area contributed by atoms with Crippen LogP contribution in [0.1, 0.15) is 15.9 Å². The third-order valence-electron chi connectivity index (χ3n) is 3.50. The smallest absolute Gasteiger partial charge is 0.280 e. The lowest BCUT2D eigenvalue weighted by Gasteiger charge is -2.02. The molecule has 0 aliphatic rings. The van der Waals surface area contributed by atoms with E-state index in [2.05, 4.69) is 30.1 Å². The molecule has 0 spiro atoms. The molecule has 3 rings (SSSR count). The molecule has 22 heavy (non-hydrogen) atoms. The molecule has 0 aliphatic carbocycles. The number of hydrogen-bond donors (Lipinski definition) is 0. The maximum atomic E-state index is 12.5. The van der Waals surface area contributed by atoms with E-state index in [-0.39, 0.29) is 5.91 Å². The van der Waals surface area contributed by atoms with E-state index in [0.29, 0.717) is 5.56 Å². The highest BCUT2D eigenvalue weighted by atomic mass is 32.2. The Hall–Kier alpha value is -1.85. The average Bonchev–Trinajstić information content (AvgIpc) is 2.82. The topological polar surface area (TPSA) is 34.4 Å². The Morgan fingerprint density at radius 3 is 2.77 bits per heavy atom. The first-order chi connectivity index (χ1) is 10.6. The van der Waals surface area contributed by atoms with Gasteiger partial charge >= 0.3 is 0 Å². The van der Waals surface area contributed by atoms with Gasteiger partial charge in [0, 0.05) is 11.9 Å². The monoisotopic (exact) mass is 328 g/mol. The first kappa shape index (κ1) is 15.1. The van der Waals surface area contributed by atoms with Crippen molar-refractivity contribution in [3.05, 3.63) is 58.4 Å². The van der Waals surface area contributed by atoms with Crippen LogP contribution in [0.5, 0.6) is 0 Å². The number of aromatic nitrogens is 1. The van der Waals surface area contributed by atoms with Gasteiger partial charge in [-0.1, -0.05) is 29.5 Å². The second-order valence-corrected chi connectivity index (χ2v) is 6.89. The molecule has 0 saturated carbocycles. The van der Waals surface area contributed by atoms with E-state index in [0.717, 1.165) is 19.9 Å². The number of amides is 1. The average molecular weight is 328 g/mol. The molecular weight excluding hydrogens is 312 g/mol. The molecule has 3 aromatic rings. The number of nitrogens with zero attached hydrogens (tertiary/aromatic N) is 2. The van der Waals surface area contributed by atoms with E-state index >= 15 is 0 Å². The molecule has 2 aromatic carbocycles. The number of thiazole rings is 1. The van der Waals surface area contributed by atoms with Gasteiger partial charge in [-0.15, -0.1) is 11.8 Å². The number of thioether (sulfide) groups is 1. The Balaban J connectivity index is 2.12. The van der Waals surface area contributed by atoms with Crippen molar-refractivity contribution < 1.29 is 4.79 Å². The molecule has 0 bridgehead atoms. The standard InChI is InChI=1S/C17H16N2OS2/c1-11-8-9-13-15(10-11)22-17(19(13)2)18-16(20)12-6-4-5-7-14(12)21-3/h4-10H,1-3H3. The lowest BCUT2D eigenvalue weighted by Crippen LogP contribution is -2.13. The fourth-order valence-corrected chi connectivity index (χ4v) is 4.02. The van der Waals surface area contributed by atoms with E-state index in [4.69, 9.17) is 0 Å². The second kappa shape index (κ2) is 6.10. The van der Waals surface area contributed by atoms with Crippen LogP contribution in [-0.4, -0.2) is 16.7 Å². The highest BCUT2D eigenvalue weighted by molar-refractivity contribution is 7.98. The molecule has 1 aromatic heterocycles. The summed E-state index contributed by atoms with van der Waals surface area (Å²) >= 11 is 3.10. The fraction of sp³-hybridized carbons (Fsp3) is 0.176. The number of hydrogen-bond acceptors (Lipinski definition) is 3. The van der Waals surface area contributed by atoms with Crippen LogP contribution in [0.2, 0.25) is 0 Å². The molecule has 0 fully saturated rings. The van der Waals surface area contributed by atoms with Crippen LogP contribution >= 0.6 is 23.1 Å². The Kier molecular flexibility index (Phi) is 4.18. The van der Waals surface area contributed by atoms with Crippen molar-refractivity contribution in [1.29, 1.82) is 0 Å². The highest BCUT2D eigenvalue weighted by Gasteiger charge is 2.10. The molecule has 0 saturated heterocycles. The first-order valence-electron chi connectivity index (χ1n) is 6.88. The molecule has 0 radical (unpaired) electrons. The molecule has 0 unspecified atom stereocenters. The molecule has 1 heterocycles. The lowest BCUT2D eigenvalue weighted by atomic mass is 10.2. The van der Waals surface area contributed by atoms with Gasteiger partial charge in [-0.3, -0.25) is 4.79 Å². The van der Waals surface area contributed by atoms with E-state index in [9.17, 15) is 4.79 Å². The molecule has 0 N–H and O–H groups in total. The van der Waals surface area contributed by atoms with Gasteiger partial charge < -0.3 is 4.57 Å². The van der Waals surface area contributed by atoms with Crippen molar-refractivity contribution in [1.82, 2.24) is 4.57 Å². The molecule has 3 nitrogen and oxygen atoms in total. The minimum absolute atomic E-state index is 0.191. The summed E-state index contributed by atoms with van der Waals surface area (Å²) in [5.74, 6) is -0.191. The molecule has 5 heteroatoms. The molecule has 0 aliphatic heterocycles. The summed E-state index contributed by atoms with van der Waals surface area (Å²) in [7, 11) is 1.95. The Bertz CT molecular complexity index is 922. The predicted octanol–water partition coefficient (Wildman–Crippen LogP) is 4.01. The first-order valence-corrected chi connectivity index (χ1v) is 8.92. The zero-order chi connectivity index (χ0) is 15.7. The number of rotatable bonds is 2. The third kappa shape index (κ3) is 2.74. The Morgan fingerprint density at radius 2 is 2.00 bits per heavy atom. The minimum atomic E-state index is -0.191. The van der Waals surface area contributed by atoms with Gasteiger partial charge in [-0.05, 0) is 43.0 Å². The second-order valence-electron chi connectivity index (χ2n) is 5.03. The zero-order valence-corrected chi connectivity index (χ0v) is 14.3. The van der Waals surface area contributed by atoms with Crippen molar-refractivity contribution in [2.75, 3.05) is 6.26 Å². The van der Waals surface area contributed by atoms with Crippen molar-refractivity contribution in [3.8, 4) is 0 Å². The Morgan fingerprint density at radius 1 is 1.23 bits per heavy atom. The molecule has 1 amide bonds. The maximum Gasteiger partial charge on any atom is 0.280 e. The summed E-state index contributed by atoms with van der Waals surface area (Å²) < 4.78 is 3.12. The number of benzene rings is 2. The number of fused-ring (bicyclic) bond motifs is 1. The van der Waals surface area contributed by atoms with Gasteiger partial charge in [-0.2, -0.15) is 4.99 Å². The SMILES string of the molecule is CSc1ccccc1C(=O)N=c1sc2cc(C)ccc2n1C. The van der Waals surface area contributed by atoms with Crippen LogP contribution in [0.3, 0.4) is 0 Å². The highest BCUT2D eigenvalue weighted by Crippen LogP contribution is 2.21. The number of carbonyl (C=O) groups excluding carboxylic acids is 1. The van der Waals surface area contributed by atoms with Gasteiger partial charge in [0.05, 0.1) is 15.8 Å². The maximum absolute atomic E-state index is 12.5. The summed E-state index contributed by atoms with van der Waals surface area (Å²) in [5.41, 5.74) is 2.96. The van der Waals surface area contributed by atoms with Gasteiger partial charge in [-0.25, -0.2) is 0 Å². The van der Waals surface area contributed by atoms with Gasteiger partial charge in [0.25, 0.3) is 5.91 Å². The minimum Gasteiger partial charge on any atom is -0.319 e. The van der Waals surface area contributed by atoms with Gasteiger partial charge in [0.1, 0.15) is 0 Å². The van der Waals surface area contributed by atoms with Crippen molar-refractivity contribution in [2.24, 2.45) is 12.0 Å². The molecule has 0 atom stereocenters. The third-order valence-corrected chi connectivity index (χ3v) is 5.39. The van der Waals surface area contributed by atoms with Gasteiger partial charge in [0.2, 0.25) is 0 Å². The Labute approximate surface area is 137 Å². The van der Waals surface area contributed by atoms with Crippen molar-refractivity contribution in [3.63, 3.8) is 0 Å². The quantitative estimate of drug-likeness (QED) is 0.666. The van der Waals surface area contributed by atoms with E-state index in [1.54, 1.807) is 23.1 Å². The molecular formula is C17H16N2OS2. The van der Waals surface area contributed by atoms with Crippen LogP contribution in [0, 0.1) is 6.92 Å². The lowest BCUT2D eigenvalue weighted by molar-refractivity contribution is 0.0995.